The standard InChI is InChI=1S/C13H15ClN2/c14-10-1-2-12-11(7-10)9(8-16-12)3-4-13(15)5-6-13/h1-2,7-8,16H,3-6,15H2. The summed E-state index contributed by atoms with van der Waals surface area (Å²) in [5.74, 6) is 0. The normalized spacial score (nSPS) is 17.9. The molecule has 2 nitrogen and oxygen atoms in total. The summed E-state index contributed by atoms with van der Waals surface area (Å²) in [5, 5.41) is 2.03. The predicted molar refractivity (Wildman–Crippen MR) is 67.8 cm³/mol. The Kier molecular flexibility index (Phi) is 2.23. The molecule has 0 bridgehead atoms. The summed E-state index contributed by atoms with van der Waals surface area (Å²) in [5.41, 5.74) is 8.71. The molecule has 0 saturated heterocycles. The molecule has 1 aliphatic carbocycles. The highest BCUT2D eigenvalue weighted by Gasteiger charge is 2.37. The summed E-state index contributed by atoms with van der Waals surface area (Å²) < 4.78 is 0. The van der Waals surface area contributed by atoms with Crippen LogP contribution in [-0.4, -0.2) is 10.5 Å². The minimum atomic E-state index is 0.127. The van der Waals surface area contributed by atoms with Crippen LogP contribution in [0.2, 0.25) is 5.02 Å². The Morgan fingerprint density at radius 1 is 1.38 bits per heavy atom. The van der Waals surface area contributed by atoms with E-state index < -0.39 is 0 Å². The van der Waals surface area contributed by atoms with Gasteiger partial charge in [-0.3, -0.25) is 0 Å². The van der Waals surface area contributed by atoms with Crippen molar-refractivity contribution in [2.45, 2.75) is 31.2 Å². The van der Waals surface area contributed by atoms with Crippen molar-refractivity contribution in [3.05, 3.63) is 35.0 Å². The third-order valence-corrected chi connectivity index (χ3v) is 3.75. The molecule has 16 heavy (non-hydrogen) atoms. The van der Waals surface area contributed by atoms with Gasteiger partial charge in [-0.15, -0.1) is 0 Å². The molecular formula is C13H15ClN2. The minimum Gasteiger partial charge on any atom is -0.361 e. The second-order valence-electron chi connectivity index (χ2n) is 4.87. The molecule has 3 rings (SSSR count). The first-order valence-electron chi connectivity index (χ1n) is 5.71. The maximum absolute atomic E-state index is 6.10. The lowest BCUT2D eigenvalue weighted by Gasteiger charge is -2.06. The molecule has 0 atom stereocenters. The molecule has 1 fully saturated rings. The van der Waals surface area contributed by atoms with E-state index in [1.807, 2.05) is 18.2 Å². The lowest BCUT2D eigenvalue weighted by atomic mass is 10.0. The van der Waals surface area contributed by atoms with Crippen LogP contribution in [-0.2, 0) is 6.42 Å². The van der Waals surface area contributed by atoms with Gasteiger partial charge in [0.1, 0.15) is 0 Å². The fraction of sp³-hybridized carbons (Fsp3) is 0.385. The number of aromatic nitrogens is 1. The summed E-state index contributed by atoms with van der Waals surface area (Å²) in [6.45, 7) is 0. The number of fused-ring (bicyclic) bond motifs is 1. The van der Waals surface area contributed by atoms with E-state index in [2.05, 4.69) is 11.2 Å². The SMILES string of the molecule is NC1(CCc2c[nH]c3ccc(Cl)cc23)CC1. The zero-order chi connectivity index (χ0) is 11.2. The molecule has 1 aromatic carbocycles. The van der Waals surface area contributed by atoms with Crippen molar-refractivity contribution < 1.29 is 0 Å². The summed E-state index contributed by atoms with van der Waals surface area (Å²) in [6, 6.07) is 5.96. The van der Waals surface area contributed by atoms with E-state index in [4.69, 9.17) is 17.3 Å². The molecular weight excluding hydrogens is 220 g/mol. The topological polar surface area (TPSA) is 41.8 Å². The molecule has 1 saturated carbocycles. The Hall–Kier alpha value is -0.990. The van der Waals surface area contributed by atoms with E-state index in [1.165, 1.54) is 23.8 Å². The van der Waals surface area contributed by atoms with Crippen molar-refractivity contribution in [1.82, 2.24) is 4.98 Å². The smallest absolute Gasteiger partial charge is 0.0457 e. The number of aromatic amines is 1. The van der Waals surface area contributed by atoms with Crippen LogP contribution in [0.15, 0.2) is 24.4 Å². The third kappa shape index (κ3) is 1.83. The van der Waals surface area contributed by atoms with Crippen molar-refractivity contribution in [2.75, 3.05) is 0 Å². The maximum Gasteiger partial charge on any atom is 0.0457 e. The average Bonchev–Trinajstić information content (AvgIpc) is 2.87. The highest BCUT2D eigenvalue weighted by Crippen LogP contribution is 2.37. The van der Waals surface area contributed by atoms with E-state index in [0.717, 1.165) is 23.4 Å². The van der Waals surface area contributed by atoms with E-state index in [1.54, 1.807) is 0 Å². The Morgan fingerprint density at radius 2 is 2.19 bits per heavy atom. The van der Waals surface area contributed by atoms with Gasteiger partial charge in [0.05, 0.1) is 0 Å². The van der Waals surface area contributed by atoms with E-state index in [9.17, 15) is 0 Å². The molecule has 0 radical (unpaired) electrons. The van der Waals surface area contributed by atoms with Gasteiger partial charge in [0, 0.05) is 27.7 Å². The summed E-state index contributed by atoms with van der Waals surface area (Å²) in [7, 11) is 0. The summed E-state index contributed by atoms with van der Waals surface area (Å²) >= 11 is 6.01. The van der Waals surface area contributed by atoms with Gasteiger partial charge in [0.25, 0.3) is 0 Å². The van der Waals surface area contributed by atoms with Crippen LogP contribution in [0.3, 0.4) is 0 Å². The van der Waals surface area contributed by atoms with E-state index >= 15 is 0 Å². The number of hydrogen-bond donors (Lipinski definition) is 2. The molecule has 84 valence electrons. The average molecular weight is 235 g/mol. The number of rotatable bonds is 3. The van der Waals surface area contributed by atoms with E-state index in [0.29, 0.717) is 0 Å². The van der Waals surface area contributed by atoms with Crippen LogP contribution >= 0.6 is 11.6 Å². The molecule has 3 N–H and O–H groups in total. The van der Waals surface area contributed by atoms with Gasteiger partial charge in [-0.05, 0) is 49.4 Å². The van der Waals surface area contributed by atoms with Crippen molar-refractivity contribution in [2.24, 2.45) is 5.73 Å². The second kappa shape index (κ2) is 3.51. The zero-order valence-electron chi connectivity index (χ0n) is 9.09. The van der Waals surface area contributed by atoms with Crippen LogP contribution in [0.5, 0.6) is 0 Å². The Bertz CT molecular complexity index is 526. The first kappa shape index (κ1) is 10.2. The number of nitrogens with two attached hydrogens (primary N) is 1. The largest absolute Gasteiger partial charge is 0.361 e. The van der Waals surface area contributed by atoms with Gasteiger partial charge in [0.15, 0.2) is 0 Å². The monoisotopic (exact) mass is 234 g/mol. The van der Waals surface area contributed by atoms with Gasteiger partial charge < -0.3 is 10.7 Å². The van der Waals surface area contributed by atoms with Gasteiger partial charge in [-0.2, -0.15) is 0 Å². The van der Waals surface area contributed by atoms with Crippen LogP contribution in [0.4, 0.5) is 0 Å². The quantitative estimate of drug-likeness (QED) is 0.841. The van der Waals surface area contributed by atoms with Crippen LogP contribution < -0.4 is 5.73 Å². The molecule has 0 aliphatic heterocycles. The Morgan fingerprint density at radius 3 is 2.94 bits per heavy atom. The van der Waals surface area contributed by atoms with Crippen molar-refractivity contribution in [3.63, 3.8) is 0 Å². The number of H-pyrrole nitrogens is 1. The Balaban J connectivity index is 1.88. The Labute approximate surface area is 99.8 Å². The maximum atomic E-state index is 6.10. The van der Waals surface area contributed by atoms with Crippen LogP contribution in [0.25, 0.3) is 10.9 Å². The molecule has 0 amide bonds. The highest BCUT2D eigenvalue weighted by atomic mass is 35.5. The van der Waals surface area contributed by atoms with E-state index in [-0.39, 0.29) is 5.54 Å². The molecule has 1 aromatic heterocycles. The zero-order valence-corrected chi connectivity index (χ0v) is 9.85. The van der Waals surface area contributed by atoms with Crippen molar-refractivity contribution >= 4 is 22.5 Å². The second-order valence-corrected chi connectivity index (χ2v) is 5.30. The van der Waals surface area contributed by atoms with Gasteiger partial charge in [-0.1, -0.05) is 11.6 Å². The summed E-state index contributed by atoms with van der Waals surface area (Å²) in [6.07, 6.45) is 6.54. The highest BCUT2D eigenvalue weighted by molar-refractivity contribution is 6.31. The van der Waals surface area contributed by atoms with Gasteiger partial charge in [0.2, 0.25) is 0 Å². The van der Waals surface area contributed by atoms with Gasteiger partial charge >= 0.3 is 0 Å². The minimum absolute atomic E-state index is 0.127. The lowest BCUT2D eigenvalue weighted by molar-refractivity contribution is 0.610. The van der Waals surface area contributed by atoms with Crippen LogP contribution in [0.1, 0.15) is 24.8 Å². The molecule has 1 aliphatic rings. The number of benzene rings is 1. The molecule has 3 heteroatoms. The molecule has 0 unspecified atom stereocenters. The molecule has 1 heterocycles. The molecule has 2 aromatic rings. The third-order valence-electron chi connectivity index (χ3n) is 3.51. The number of nitrogens with one attached hydrogen (secondary N) is 1. The fourth-order valence-electron chi connectivity index (χ4n) is 2.15. The number of aryl methyl sites for hydroxylation is 1. The number of halogens is 1. The summed E-state index contributed by atoms with van der Waals surface area (Å²) in [4.78, 5) is 3.27. The lowest BCUT2D eigenvalue weighted by Crippen LogP contribution is -2.21. The number of hydrogen-bond acceptors (Lipinski definition) is 1. The predicted octanol–water partition coefficient (Wildman–Crippen LogP) is 3.25. The van der Waals surface area contributed by atoms with Crippen LogP contribution in [0, 0.1) is 0 Å². The van der Waals surface area contributed by atoms with Crippen molar-refractivity contribution in [1.29, 1.82) is 0 Å². The molecule has 0 spiro atoms. The van der Waals surface area contributed by atoms with Gasteiger partial charge in [-0.25, -0.2) is 0 Å². The van der Waals surface area contributed by atoms with Crippen molar-refractivity contribution in [3.8, 4) is 0 Å². The first-order valence-corrected chi connectivity index (χ1v) is 6.09. The first-order chi connectivity index (χ1) is 7.66. The fourth-order valence-corrected chi connectivity index (χ4v) is 2.32.